The third-order valence-electron chi connectivity index (χ3n) is 4.05. The van der Waals surface area contributed by atoms with Gasteiger partial charge in [-0.2, -0.15) is 5.26 Å². The van der Waals surface area contributed by atoms with E-state index in [0.29, 0.717) is 12.0 Å². The first kappa shape index (κ1) is 21.2. The third-order valence-corrected chi connectivity index (χ3v) is 4.05. The maximum atomic E-state index is 9.19. The number of allylic oxidation sites excluding steroid dienone is 8. The molecule has 0 N–H and O–H groups in total. The highest BCUT2D eigenvalue weighted by Crippen LogP contribution is 2.02. The van der Waals surface area contributed by atoms with Crippen molar-refractivity contribution in [2.24, 2.45) is 9.98 Å². The van der Waals surface area contributed by atoms with E-state index < -0.39 is 0 Å². The molecular weight excluding hydrogens is 386 g/mol. The van der Waals surface area contributed by atoms with Gasteiger partial charge < -0.3 is 9.30 Å². The zero-order valence-electron chi connectivity index (χ0n) is 16.8. The Kier molecular flexibility index (Phi) is 8.31. The molecule has 0 saturated heterocycles. The Bertz CT molecular complexity index is 1250. The van der Waals surface area contributed by atoms with Crippen LogP contribution in [0.1, 0.15) is 5.69 Å². The summed E-state index contributed by atoms with van der Waals surface area (Å²) in [6.07, 6.45) is 26.7. The number of hydrogen-bond donors (Lipinski definition) is 0. The van der Waals surface area contributed by atoms with Gasteiger partial charge in [-0.05, 0) is 30.4 Å². The summed E-state index contributed by atoms with van der Waals surface area (Å²) in [4.78, 5) is 13.1. The molecule has 3 rings (SSSR count). The summed E-state index contributed by atoms with van der Waals surface area (Å²) >= 11 is 0. The lowest BCUT2D eigenvalue weighted by Gasteiger charge is -1.97. The normalized spacial score (nSPS) is 23.5. The molecule has 0 aliphatic carbocycles. The van der Waals surface area contributed by atoms with Gasteiger partial charge >= 0.3 is 0 Å². The SMILES string of the molecule is N#CC1=C/O\C=C/C=C\C=C/N=c2/cccc/c2=C/N=CCc2cncn2\C=C/C=C\1. The first-order chi connectivity index (χ1) is 15.4. The van der Waals surface area contributed by atoms with E-state index in [1.807, 2.05) is 65.6 Å². The van der Waals surface area contributed by atoms with Crippen LogP contribution < -0.4 is 10.6 Å². The molecule has 6 nitrogen and oxygen atoms in total. The van der Waals surface area contributed by atoms with E-state index in [9.17, 15) is 5.26 Å². The first-order valence-corrected chi connectivity index (χ1v) is 9.61. The molecule has 1 aliphatic heterocycles. The van der Waals surface area contributed by atoms with E-state index in [0.717, 1.165) is 16.3 Å². The number of para-hydroxylation sites is 1. The molecule has 1 aliphatic rings. The number of ether oxygens (including phenoxy) is 1. The van der Waals surface area contributed by atoms with E-state index in [2.05, 4.69) is 21.0 Å². The molecule has 1 aromatic heterocycles. The molecule has 31 heavy (non-hydrogen) atoms. The summed E-state index contributed by atoms with van der Waals surface area (Å²) in [5, 5.41) is 10.9. The van der Waals surface area contributed by atoms with Crippen LogP contribution in [0.25, 0.3) is 12.4 Å². The fourth-order valence-corrected chi connectivity index (χ4v) is 2.53. The van der Waals surface area contributed by atoms with Crippen molar-refractivity contribution in [2.45, 2.75) is 6.42 Å². The van der Waals surface area contributed by atoms with Crippen molar-refractivity contribution >= 4 is 18.6 Å². The molecule has 0 spiro atoms. The summed E-state index contributed by atoms with van der Waals surface area (Å²) in [7, 11) is 0. The lowest BCUT2D eigenvalue weighted by atomic mass is 10.3. The van der Waals surface area contributed by atoms with Gasteiger partial charge in [0.25, 0.3) is 0 Å². The van der Waals surface area contributed by atoms with E-state index in [4.69, 9.17) is 4.74 Å². The van der Waals surface area contributed by atoms with Gasteiger partial charge in [0.1, 0.15) is 12.3 Å². The van der Waals surface area contributed by atoms with Crippen LogP contribution in [0.2, 0.25) is 0 Å². The number of fused-ring (bicyclic) bond motifs is 2. The number of aliphatic imine (C=N–C) groups is 1. The number of imidazole rings is 1. The second kappa shape index (κ2) is 12.1. The van der Waals surface area contributed by atoms with Crippen molar-refractivity contribution in [3.05, 3.63) is 120 Å². The monoisotopic (exact) mass is 407 g/mol. The highest BCUT2D eigenvalue weighted by molar-refractivity contribution is 5.64. The maximum absolute atomic E-state index is 9.19. The molecule has 0 fully saturated rings. The lowest BCUT2D eigenvalue weighted by molar-refractivity contribution is 0.401. The van der Waals surface area contributed by atoms with Crippen molar-refractivity contribution in [3.8, 4) is 6.07 Å². The van der Waals surface area contributed by atoms with Crippen molar-refractivity contribution in [2.75, 3.05) is 0 Å². The summed E-state index contributed by atoms with van der Waals surface area (Å²) < 4.78 is 7.17. The minimum Gasteiger partial charge on any atom is -0.471 e. The van der Waals surface area contributed by atoms with Gasteiger partial charge in [-0.1, -0.05) is 36.4 Å². The van der Waals surface area contributed by atoms with Gasteiger partial charge in [0.2, 0.25) is 0 Å². The number of nitriles is 1. The number of nitrogens with zero attached hydrogens (tertiary/aromatic N) is 5. The smallest absolute Gasteiger partial charge is 0.108 e. The molecular formula is C25H21N5O. The predicted molar refractivity (Wildman–Crippen MR) is 123 cm³/mol. The van der Waals surface area contributed by atoms with Gasteiger partial charge in [-0.15, -0.1) is 0 Å². The van der Waals surface area contributed by atoms with Gasteiger partial charge in [-0.3, -0.25) is 9.98 Å². The predicted octanol–water partition coefficient (Wildman–Crippen LogP) is 3.60. The Morgan fingerprint density at radius 1 is 1.03 bits per heavy atom. The largest absolute Gasteiger partial charge is 0.471 e. The molecule has 6 heteroatoms. The van der Waals surface area contributed by atoms with Crippen LogP contribution in [0, 0.1) is 11.3 Å². The van der Waals surface area contributed by atoms with Crippen molar-refractivity contribution in [1.82, 2.24) is 9.55 Å². The molecule has 2 aromatic rings. The number of hydrogen-bond acceptors (Lipinski definition) is 5. The zero-order valence-corrected chi connectivity index (χ0v) is 16.8. The average Bonchev–Trinajstić information content (AvgIpc) is 3.24. The third kappa shape index (κ3) is 7.11. The molecule has 0 bridgehead atoms. The number of rotatable bonds is 0. The van der Waals surface area contributed by atoms with Crippen LogP contribution in [-0.4, -0.2) is 15.8 Å². The molecule has 0 unspecified atom stereocenters. The topological polar surface area (TPSA) is 75.6 Å². The van der Waals surface area contributed by atoms with Crippen LogP contribution in [-0.2, 0) is 11.2 Å². The van der Waals surface area contributed by atoms with E-state index in [1.54, 1.807) is 43.2 Å². The Morgan fingerprint density at radius 3 is 2.87 bits per heavy atom. The number of aromatic nitrogens is 2. The van der Waals surface area contributed by atoms with E-state index in [1.165, 1.54) is 12.5 Å². The minimum atomic E-state index is 0.395. The van der Waals surface area contributed by atoms with Crippen LogP contribution in [0.4, 0.5) is 0 Å². The van der Waals surface area contributed by atoms with Crippen LogP contribution in [0.15, 0.2) is 114 Å². The summed E-state index contributed by atoms with van der Waals surface area (Å²) in [6.45, 7) is 0. The fourth-order valence-electron chi connectivity index (χ4n) is 2.53. The van der Waals surface area contributed by atoms with Gasteiger partial charge in [-0.25, -0.2) is 4.98 Å². The second-order valence-electron chi connectivity index (χ2n) is 6.22. The van der Waals surface area contributed by atoms with Crippen LogP contribution >= 0.6 is 0 Å². The highest BCUT2D eigenvalue weighted by atomic mass is 16.5. The highest BCUT2D eigenvalue weighted by Gasteiger charge is 1.96. The first-order valence-electron chi connectivity index (χ1n) is 9.61. The number of benzene rings is 1. The van der Waals surface area contributed by atoms with Crippen molar-refractivity contribution < 1.29 is 4.74 Å². The molecule has 0 amide bonds. The van der Waals surface area contributed by atoms with Gasteiger partial charge in [0.05, 0.1) is 23.5 Å². The van der Waals surface area contributed by atoms with Gasteiger partial charge in [0.15, 0.2) is 0 Å². The maximum Gasteiger partial charge on any atom is 0.108 e. The quantitative estimate of drug-likeness (QED) is 0.670. The van der Waals surface area contributed by atoms with Crippen LogP contribution in [0.3, 0.4) is 0 Å². The van der Waals surface area contributed by atoms with Crippen molar-refractivity contribution in [3.63, 3.8) is 0 Å². The molecule has 0 saturated carbocycles. The summed E-state index contributed by atoms with van der Waals surface area (Å²) in [5.74, 6) is 0. The molecule has 152 valence electrons. The minimum absolute atomic E-state index is 0.395. The molecule has 0 radical (unpaired) electrons. The summed E-state index contributed by atoms with van der Waals surface area (Å²) in [6, 6.07) is 9.88. The zero-order chi connectivity index (χ0) is 21.6. The van der Waals surface area contributed by atoms with Crippen molar-refractivity contribution in [1.29, 1.82) is 5.26 Å². The molecule has 2 heterocycles. The average molecular weight is 407 g/mol. The van der Waals surface area contributed by atoms with Gasteiger partial charge in [0, 0.05) is 48.3 Å². The molecule has 1 aromatic carbocycles. The Balaban J connectivity index is 1.91. The Hall–Kier alpha value is -4.50. The van der Waals surface area contributed by atoms with E-state index >= 15 is 0 Å². The Labute approximate surface area is 180 Å². The lowest BCUT2D eigenvalue weighted by Crippen LogP contribution is -2.23. The standard InChI is InChI=1S/C25H21N5O/c26-17-22-9-5-7-15-30-21-28-19-24(30)12-14-27-18-23-10-3-4-11-25(23)29-13-6-1-2-8-16-31-20-22/h1-11,13-16,18-21H,12H2/b2-1-,9-5-,13-6-,15-7-,16-8-,22-20+,23-18-,27-14?,29-25-. The van der Waals surface area contributed by atoms with E-state index in [-0.39, 0.29) is 0 Å². The summed E-state index contributed by atoms with van der Waals surface area (Å²) in [5.41, 5.74) is 1.38. The van der Waals surface area contributed by atoms with Crippen LogP contribution in [0.5, 0.6) is 0 Å². The fraction of sp³-hybridized carbons (Fsp3) is 0.0400. The Morgan fingerprint density at radius 2 is 1.94 bits per heavy atom. The second-order valence-corrected chi connectivity index (χ2v) is 6.22. The molecule has 0 atom stereocenters.